The van der Waals surface area contributed by atoms with E-state index in [1.165, 1.54) is 19.1 Å². The lowest BCUT2D eigenvalue weighted by molar-refractivity contribution is -0.138. The lowest BCUT2D eigenvalue weighted by Crippen LogP contribution is -2.45. The SMILES string of the molecule is CC(=O)NCc1ccc(C2CCCN2C(=O)C2(c3cccc(F)c3)CCCC2)nc1. The number of carbonyl (C=O) groups is 2. The zero-order chi connectivity index (χ0) is 21.1. The number of aromatic nitrogens is 1. The molecule has 1 aliphatic heterocycles. The van der Waals surface area contributed by atoms with Crippen LogP contribution in [0.1, 0.15) is 68.3 Å². The Morgan fingerprint density at radius 1 is 1.20 bits per heavy atom. The van der Waals surface area contributed by atoms with Crippen LogP contribution < -0.4 is 5.32 Å². The first-order valence-electron chi connectivity index (χ1n) is 10.8. The molecule has 2 amide bonds. The van der Waals surface area contributed by atoms with E-state index in [9.17, 15) is 14.0 Å². The molecule has 6 heteroatoms. The summed E-state index contributed by atoms with van der Waals surface area (Å²) in [6, 6.07) is 10.4. The molecule has 1 aliphatic carbocycles. The number of hydrogen-bond acceptors (Lipinski definition) is 3. The van der Waals surface area contributed by atoms with Crippen molar-refractivity contribution >= 4 is 11.8 Å². The minimum atomic E-state index is -0.629. The molecule has 2 heterocycles. The number of nitrogens with one attached hydrogen (secondary N) is 1. The van der Waals surface area contributed by atoms with E-state index in [4.69, 9.17) is 0 Å². The van der Waals surface area contributed by atoms with Gasteiger partial charge in [-0.1, -0.05) is 31.0 Å². The highest BCUT2D eigenvalue weighted by Crippen LogP contribution is 2.45. The Hall–Kier alpha value is -2.76. The zero-order valence-corrected chi connectivity index (χ0v) is 17.4. The lowest BCUT2D eigenvalue weighted by atomic mass is 9.77. The third-order valence-electron chi connectivity index (χ3n) is 6.49. The second-order valence-corrected chi connectivity index (χ2v) is 8.46. The molecule has 1 saturated heterocycles. The molecule has 2 fully saturated rings. The van der Waals surface area contributed by atoms with Crippen LogP contribution in [0.15, 0.2) is 42.6 Å². The van der Waals surface area contributed by atoms with Crippen molar-refractivity contribution in [2.75, 3.05) is 6.54 Å². The number of rotatable bonds is 5. The van der Waals surface area contributed by atoms with Gasteiger partial charge in [-0.15, -0.1) is 0 Å². The van der Waals surface area contributed by atoms with E-state index < -0.39 is 5.41 Å². The average molecular weight is 410 g/mol. The summed E-state index contributed by atoms with van der Waals surface area (Å²) in [4.78, 5) is 31.5. The van der Waals surface area contributed by atoms with Crippen molar-refractivity contribution in [2.24, 2.45) is 0 Å². The lowest BCUT2D eigenvalue weighted by Gasteiger charge is -2.36. The largest absolute Gasteiger partial charge is 0.352 e. The smallest absolute Gasteiger partial charge is 0.233 e. The van der Waals surface area contributed by atoms with Crippen LogP contribution in [0.25, 0.3) is 0 Å². The van der Waals surface area contributed by atoms with Gasteiger partial charge < -0.3 is 10.2 Å². The van der Waals surface area contributed by atoms with Crippen molar-refractivity contribution in [3.8, 4) is 0 Å². The van der Waals surface area contributed by atoms with Crippen molar-refractivity contribution in [1.82, 2.24) is 15.2 Å². The van der Waals surface area contributed by atoms with Gasteiger partial charge in [-0.25, -0.2) is 4.39 Å². The van der Waals surface area contributed by atoms with E-state index in [-0.39, 0.29) is 23.7 Å². The quantitative estimate of drug-likeness (QED) is 0.811. The second-order valence-electron chi connectivity index (χ2n) is 8.46. The first-order valence-corrected chi connectivity index (χ1v) is 10.8. The molecule has 1 saturated carbocycles. The van der Waals surface area contributed by atoms with Crippen molar-refractivity contribution in [2.45, 2.75) is 63.5 Å². The van der Waals surface area contributed by atoms with Crippen LogP contribution in [0.4, 0.5) is 4.39 Å². The number of likely N-dealkylation sites (tertiary alicyclic amines) is 1. The Bertz CT molecular complexity index is 922. The molecule has 1 aromatic heterocycles. The summed E-state index contributed by atoms with van der Waals surface area (Å²) >= 11 is 0. The van der Waals surface area contributed by atoms with Gasteiger partial charge in [0.2, 0.25) is 11.8 Å². The van der Waals surface area contributed by atoms with Crippen LogP contribution in [0.3, 0.4) is 0 Å². The van der Waals surface area contributed by atoms with Crippen molar-refractivity contribution in [3.63, 3.8) is 0 Å². The number of pyridine rings is 1. The summed E-state index contributed by atoms with van der Waals surface area (Å²) in [5.41, 5.74) is 1.97. The molecular weight excluding hydrogens is 381 g/mol. The number of benzene rings is 1. The van der Waals surface area contributed by atoms with Gasteiger partial charge in [0.1, 0.15) is 5.82 Å². The van der Waals surface area contributed by atoms with Crippen LogP contribution in [-0.2, 0) is 21.5 Å². The Balaban J connectivity index is 1.58. The maximum absolute atomic E-state index is 14.0. The second kappa shape index (κ2) is 8.54. The molecule has 5 nitrogen and oxygen atoms in total. The van der Waals surface area contributed by atoms with Crippen molar-refractivity contribution in [1.29, 1.82) is 0 Å². The molecule has 0 spiro atoms. The van der Waals surface area contributed by atoms with Crippen LogP contribution in [-0.4, -0.2) is 28.2 Å². The molecular formula is C24H28FN3O2. The number of hydrogen-bond donors (Lipinski definition) is 1. The van der Waals surface area contributed by atoms with E-state index in [2.05, 4.69) is 10.3 Å². The monoisotopic (exact) mass is 409 g/mol. The highest BCUT2D eigenvalue weighted by atomic mass is 19.1. The summed E-state index contributed by atoms with van der Waals surface area (Å²) in [5.74, 6) is -0.260. The average Bonchev–Trinajstić information content (AvgIpc) is 3.43. The van der Waals surface area contributed by atoms with E-state index in [1.807, 2.05) is 23.1 Å². The van der Waals surface area contributed by atoms with Gasteiger partial charge in [0.25, 0.3) is 0 Å². The summed E-state index contributed by atoms with van der Waals surface area (Å²) in [6.45, 7) is 2.63. The Morgan fingerprint density at radius 2 is 2.00 bits per heavy atom. The first kappa shape index (κ1) is 20.5. The summed E-state index contributed by atoms with van der Waals surface area (Å²) in [7, 11) is 0. The highest BCUT2D eigenvalue weighted by Gasteiger charge is 2.47. The van der Waals surface area contributed by atoms with E-state index in [1.54, 1.807) is 12.3 Å². The van der Waals surface area contributed by atoms with Crippen molar-refractivity contribution < 1.29 is 14.0 Å². The summed E-state index contributed by atoms with van der Waals surface area (Å²) in [6.07, 6.45) is 7.08. The van der Waals surface area contributed by atoms with E-state index in [0.29, 0.717) is 13.1 Å². The Kier molecular flexibility index (Phi) is 5.84. The predicted octanol–water partition coefficient (Wildman–Crippen LogP) is 4.03. The van der Waals surface area contributed by atoms with E-state index >= 15 is 0 Å². The van der Waals surface area contributed by atoms with Crippen LogP contribution in [0, 0.1) is 5.82 Å². The summed E-state index contributed by atoms with van der Waals surface area (Å²) in [5, 5.41) is 2.77. The molecule has 2 aliphatic rings. The van der Waals surface area contributed by atoms with Gasteiger partial charge in [-0.3, -0.25) is 14.6 Å². The maximum atomic E-state index is 14.0. The third kappa shape index (κ3) is 3.95. The maximum Gasteiger partial charge on any atom is 0.233 e. The summed E-state index contributed by atoms with van der Waals surface area (Å²) < 4.78 is 14.0. The van der Waals surface area contributed by atoms with Gasteiger partial charge >= 0.3 is 0 Å². The van der Waals surface area contributed by atoms with Gasteiger partial charge in [0.15, 0.2) is 0 Å². The fourth-order valence-corrected chi connectivity index (χ4v) is 4.95. The normalized spacial score (nSPS) is 20.3. The molecule has 0 bridgehead atoms. The number of amides is 2. The van der Waals surface area contributed by atoms with E-state index in [0.717, 1.165) is 55.3 Å². The molecule has 4 rings (SSSR count). The minimum Gasteiger partial charge on any atom is -0.352 e. The molecule has 1 aromatic carbocycles. The molecule has 30 heavy (non-hydrogen) atoms. The van der Waals surface area contributed by atoms with Gasteiger partial charge in [0.05, 0.1) is 17.2 Å². The molecule has 1 N–H and O–H groups in total. The zero-order valence-electron chi connectivity index (χ0n) is 17.4. The fourth-order valence-electron chi connectivity index (χ4n) is 4.95. The Labute approximate surface area is 176 Å². The first-order chi connectivity index (χ1) is 14.5. The van der Waals surface area contributed by atoms with Gasteiger partial charge in [-0.05, 0) is 55.0 Å². The molecule has 158 valence electrons. The number of halogens is 1. The topological polar surface area (TPSA) is 62.3 Å². The molecule has 2 aromatic rings. The van der Waals surface area contributed by atoms with Crippen molar-refractivity contribution in [3.05, 3.63) is 65.2 Å². The molecule has 1 unspecified atom stereocenters. The standard InChI is InChI=1S/C24H28FN3O2/c1-17(29)26-15-18-9-10-21(27-16-18)22-8-5-13-28(22)23(30)24(11-2-3-12-24)19-6-4-7-20(25)14-19/h4,6-7,9-10,14,16,22H,2-3,5,8,11-13,15H2,1H3,(H,26,29). The molecule has 0 radical (unpaired) electrons. The number of carbonyl (C=O) groups excluding carboxylic acids is 2. The highest BCUT2D eigenvalue weighted by molar-refractivity contribution is 5.89. The van der Waals surface area contributed by atoms with Crippen LogP contribution in [0.5, 0.6) is 0 Å². The number of nitrogens with zero attached hydrogens (tertiary/aromatic N) is 2. The van der Waals surface area contributed by atoms with Crippen LogP contribution in [0.2, 0.25) is 0 Å². The molecule has 1 atom stereocenters. The predicted molar refractivity (Wildman–Crippen MR) is 112 cm³/mol. The fraction of sp³-hybridized carbons (Fsp3) is 0.458. The minimum absolute atomic E-state index is 0.0571. The van der Waals surface area contributed by atoms with Gasteiger partial charge in [-0.2, -0.15) is 0 Å². The van der Waals surface area contributed by atoms with Crippen LogP contribution >= 0.6 is 0 Å². The Morgan fingerprint density at radius 3 is 2.67 bits per heavy atom. The van der Waals surface area contributed by atoms with Gasteiger partial charge in [0, 0.05) is 26.2 Å². The third-order valence-corrected chi connectivity index (χ3v) is 6.49.